The number of halogens is 3. The summed E-state index contributed by atoms with van der Waals surface area (Å²) in [5, 5.41) is 15.2. The predicted octanol–water partition coefficient (Wildman–Crippen LogP) is 2.52. The molecule has 2 heterocycles. The van der Waals surface area contributed by atoms with E-state index in [0.29, 0.717) is 13.0 Å². The Balaban J connectivity index is 0.000000480. The monoisotopic (exact) mass is 421 g/mol. The number of rotatable bonds is 5. The lowest BCUT2D eigenvalue weighted by Crippen LogP contribution is -2.32. The minimum absolute atomic E-state index is 0.145. The van der Waals surface area contributed by atoms with Gasteiger partial charge in [0.25, 0.3) is 0 Å². The number of aromatic nitrogens is 2. The van der Waals surface area contributed by atoms with Gasteiger partial charge in [0, 0.05) is 31.3 Å². The summed E-state index contributed by atoms with van der Waals surface area (Å²) >= 11 is 1.39. The molecule has 2 rings (SSSR count). The summed E-state index contributed by atoms with van der Waals surface area (Å²) in [6.07, 6.45) is 0.242. The van der Waals surface area contributed by atoms with Crippen LogP contribution in [0.5, 0.6) is 0 Å². The third-order valence-corrected chi connectivity index (χ3v) is 4.76. The van der Waals surface area contributed by atoms with Gasteiger partial charge in [-0.25, -0.2) is 4.79 Å². The Hall–Kier alpha value is -2.14. The lowest BCUT2D eigenvalue weighted by Gasteiger charge is -2.24. The number of hydrogen-bond donors (Lipinski definition) is 2. The first-order chi connectivity index (χ1) is 13.0. The zero-order valence-electron chi connectivity index (χ0n) is 15.5. The minimum Gasteiger partial charge on any atom is -0.475 e. The molecule has 11 heteroatoms. The summed E-state index contributed by atoms with van der Waals surface area (Å²) in [5.74, 6) is -2.59. The average Bonchev–Trinajstić information content (AvgIpc) is 3.02. The molecule has 1 saturated heterocycles. The van der Waals surface area contributed by atoms with E-state index in [9.17, 15) is 22.8 Å². The van der Waals surface area contributed by atoms with E-state index >= 15 is 0 Å². The number of carboxylic acids is 1. The summed E-state index contributed by atoms with van der Waals surface area (Å²) in [5.41, 5.74) is 2.03. The van der Waals surface area contributed by atoms with Crippen LogP contribution in [0.2, 0.25) is 0 Å². The number of ketones is 1. The van der Waals surface area contributed by atoms with Crippen LogP contribution in [0, 0.1) is 0 Å². The Morgan fingerprint density at radius 3 is 2.61 bits per heavy atom. The van der Waals surface area contributed by atoms with Crippen LogP contribution < -0.4 is 5.32 Å². The maximum Gasteiger partial charge on any atom is 0.490 e. The SMILES string of the molecule is CCC(=O)Cn1ccc(/C=C2\CNCCC2SC(C)=O)n1.O=C(O)C(F)(F)F. The van der Waals surface area contributed by atoms with Gasteiger partial charge < -0.3 is 10.4 Å². The van der Waals surface area contributed by atoms with Crippen LogP contribution in [-0.2, 0) is 20.9 Å². The van der Waals surface area contributed by atoms with Crippen molar-refractivity contribution in [3.05, 3.63) is 23.5 Å². The molecule has 1 aliphatic heterocycles. The molecule has 156 valence electrons. The van der Waals surface area contributed by atoms with E-state index in [0.717, 1.165) is 25.2 Å². The summed E-state index contributed by atoms with van der Waals surface area (Å²) in [7, 11) is 0. The van der Waals surface area contributed by atoms with Gasteiger partial charge in [0.05, 0.1) is 12.2 Å². The van der Waals surface area contributed by atoms with Gasteiger partial charge in [-0.2, -0.15) is 18.3 Å². The summed E-state index contributed by atoms with van der Waals surface area (Å²) in [6, 6.07) is 1.90. The van der Waals surface area contributed by atoms with Gasteiger partial charge in [0.15, 0.2) is 10.9 Å². The molecule has 1 aromatic heterocycles. The van der Waals surface area contributed by atoms with Crippen molar-refractivity contribution in [3.63, 3.8) is 0 Å². The van der Waals surface area contributed by atoms with Gasteiger partial charge in [-0.05, 0) is 30.7 Å². The van der Waals surface area contributed by atoms with Crippen molar-refractivity contribution in [2.24, 2.45) is 0 Å². The minimum atomic E-state index is -5.08. The van der Waals surface area contributed by atoms with E-state index in [1.165, 1.54) is 17.3 Å². The van der Waals surface area contributed by atoms with E-state index in [1.807, 2.05) is 25.3 Å². The second-order valence-electron chi connectivity index (χ2n) is 5.92. The molecule has 1 unspecified atom stereocenters. The predicted molar refractivity (Wildman–Crippen MR) is 98.7 cm³/mol. The summed E-state index contributed by atoms with van der Waals surface area (Å²) in [6.45, 7) is 5.50. The third-order valence-electron chi connectivity index (χ3n) is 3.60. The highest BCUT2D eigenvalue weighted by atomic mass is 32.2. The maximum atomic E-state index is 11.4. The highest BCUT2D eigenvalue weighted by molar-refractivity contribution is 8.14. The highest BCUT2D eigenvalue weighted by Crippen LogP contribution is 2.26. The van der Waals surface area contributed by atoms with Crippen LogP contribution in [-0.4, -0.2) is 56.3 Å². The summed E-state index contributed by atoms with van der Waals surface area (Å²) < 4.78 is 33.4. The molecular weight excluding hydrogens is 399 g/mol. The van der Waals surface area contributed by atoms with Crippen LogP contribution in [0.1, 0.15) is 32.4 Å². The molecule has 0 amide bonds. The number of nitrogens with one attached hydrogen (secondary N) is 1. The topological polar surface area (TPSA) is 101 Å². The van der Waals surface area contributed by atoms with Crippen LogP contribution >= 0.6 is 11.8 Å². The molecule has 1 aromatic rings. The fraction of sp³-hybridized carbons (Fsp3) is 0.529. The smallest absolute Gasteiger partial charge is 0.475 e. The van der Waals surface area contributed by atoms with E-state index in [4.69, 9.17) is 9.90 Å². The number of Topliss-reactive ketones (excluding diaryl/α,β-unsaturated/α-hetero) is 1. The van der Waals surface area contributed by atoms with Gasteiger partial charge in [0.2, 0.25) is 0 Å². The van der Waals surface area contributed by atoms with Crippen molar-refractivity contribution in [2.75, 3.05) is 13.1 Å². The number of aliphatic carboxylic acids is 1. The van der Waals surface area contributed by atoms with E-state index in [1.54, 1.807) is 11.6 Å². The largest absolute Gasteiger partial charge is 0.490 e. The molecule has 1 atom stereocenters. The normalized spacial score (nSPS) is 18.3. The van der Waals surface area contributed by atoms with E-state index < -0.39 is 12.1 Å². The fourth-order valence-corrected chi connectivity index (χ4v) is 3.21. The number of nitrogens with zero attached hydrogens (tertiary/aromatic N) is 2. The number of alkyl halides is 3. The molecule has 28 heavy (non-hydrogen) atoms. The van der Waals surface area contributed by atoms with E-state index in [-0.39, 0.29) is 16.1 Å². The molecule has 2 N–H and O–H groups in total. The summed E-state index contributed by atoms with van der Waals surface area (Å²) in [4.78, 5) is 31.6. The second kappa shape index (κ2) is 11.0. The number of carbonyl (C=O) groups excluding carboxylic acids is 2. The van der Waals surface area contributed by atoms with Crippen molar-refractivity contribution < 1.29 is 32.7 Å². The molecule has 0 spiro atoms. The molecule has 0 aliphatic carbocycles. The lowest BCUT2D eigenvalue weighted by molar-refractivity contribution is -0.192. The molecule has 7 nitrogen and oxygen atoms in total. The second-order valence-corrected chi connectivity index (χ2v) is 7.30. The van der Waals surface area contributed by atoms with Gasteiger partial charge in [0.1, 0.15) is 0 Å². The first-order valence-electron chi connectivity index (χ1n) is 8.46. The van der Waals surface area contributed by atoms with Crippen LogP contribution in [0.4, 0.5) is 13.2 Å². The van der Waals surface area contributed by atoms with Crippen LogP contribution in [0.3, 0.4) is 0 Å². The zero-order valence-corrected chi connectivity index (χ0v) is 16.3. The quantitative estimate of drug-likeness (QED) is 0.753. The van der Waals surface area contributed by atoms with E-state index in [2.05, 4.69) is 10.4 Å². The first kappa shape index (κ1) is 23.9. The van der Waals surface area contributed by atoms with Crippen molar-refractivity contribution in [3.8, 4) is 0 Å². The number of carboxylic acid groups (broad SMARTS) is 1. The number of carbonyl (C=O) groups is 3. The number of hydrogen-bond acceptors (Lipinski definition) is 6. The fourth-order valence-electron chi connectivity index (χ4n) is 2.27. The highest BCUT2D eigenvalue weighted by Gasteiger charge is 2.38. The van der Waals surface area contributed by atoms with Crippen molar-refractivity contribution in [1.82, 2.24) is 15.1 Å². The van der Waals surface area contributed by atoms with Crippen molar-refractivity contribution in [2.45, 2.75) is 44.7 Å². The molecule has 0 aromatic carbocycles. The third kappa shape index (κ3) is 8.70. The average molecular weight is 421 g/mol. The van der Waals surface area contributed by atoms with Gasteiger partial charge in [-0.3, -0.25) is 14.3 Å². The van der Waals surface area contributed by atoms with Crippen LogP contribution in [0.15, 0.2) is 17.8 Å². The Morgan fingerprint density at radius 1 is 1.43 bits per heavy atom. The number of thioether (sulfide) groups is 1. The van der Waals surface area contributed by atoms with Gasteiger partial charge in [-0.1, -0.05) is 18.7 Å². The molecule has 1 aliphatic rings. The molecular formula is C17H22F3N3O4S. The molecule has 1 fully saturated rings. The maximum absolute atomic E-state index is 11.4. The van der Waals surface area contributed by atoms with Gasteiger partial charge in [-0.15, -0.1) is 0 Å². The Kier molecular flexibility index (Phi) is 9.39. The first-order valence-corrected chi connectivity index (χ1v) is 9.34. The Morgan fingerprint density at radius 2 is 2.07 bits per heavy atom. The van der Waals surface area contributed by atoms with Crippen molar-refractivity contribution >= 4 is 34.7 Å². The number of piperidine rings is 1. The standard InChI is InChI=1S/C15H21N3O2S.C2HF3O2/c1-3-14(20)10-18-7-5-13(17-18)8-12-9-16-6-4-15(12)21-11(2)19;3-2(4,5)1(6)7/h5,7-8,15-16H,3-4,6,9-10H2,1-2H3;(H,6,7)/b12-8+;. The lowest BCUT2D eigenvalue weighted by atomic mass is 10.0. The van der Waals surface area contributed by atoms with Gasteiger partial charge >= 0.3 is 12.1 Å². The Labute approximate surface area is 164 Å². The van der Waals surface area contributed by atoms with Crippen LogP contribution in [0.25, 0.3) is 6.08 Å². The zero-order chi connectivity index (χ0) is 21.3. The molecule has 0 saturated carbocycles. The Bertz CT molecular complexity index is 731. The molecule has 0 bridgehead atoms. The molecule has 0 radical (unpaired) electrons. The van der Waals surface area contributed by atoms with Crippen molar-refractivity contribution in [1.29, 1.82) is 0 Å².